The van der Waals surface area contributed by atoms with E-state index in [-0.39, 0.29) is 63.8 Å². The number of likely N-dealkylation sites (N-methyl/N-ethyl adjacent to an activating group) is 1. The van der Waals surface area contributed by atoms with E-state index in [0.717, 1.165) is 54.2 Å². The second-order valence-corrected chi connectivity index (χ2v) is 16.9. The highest BCUT2D eigenvalue weighted by atomic mass is 16.7. The van der Waals surface area contributed by atoms with Crippen molar-refractivity contribution in [2.24, 2.45) is 22.9 Å². The molecule has 1 heterocycles. The number of benzene rings is 4. The highest BCUT2D eigenvalue weighted by Gasteiger charge is 2.65. The smallest absolute Gasteiger partial charge is 0.410 e. The Kier molecular flexibility index (Phi) is 17.0. The minimum absolute atomic E-state index is 0.000472. The molecule has 1 saturated carbocycles. The predicted octanol–water partition coefficient (Wildman–Crippen LogP) is 9.42. The third-order valence-electron chi connectivity index (χ3n) is 12.8. The minimum Gasteiger partial charge on any atom is -0.496 e. The van der Waals surface area contributed by atoms with Gasteiger partial charge in [-0.3, -0.25) is 4.79 Å². The maximum Gasteiger partial charge on any atom is 0.410 e. The molecular formula is C53H62N2O11. The molecule has 0 aromatic heterocycles. The number of aldehydes is 1. The fourth-order valence-corrected chi connectivity index (χ4v) is 9.74. The van der Waals surface area contributed by atoms with Crippen LogP contribution in [-0.4, -0.2) is 92.2 Å². The fourth-order valence-electron chi connectivity index (χ4n) is 9.74. The Hall–Kier alpha value is -5.99. The summed E-state index contributed by atoms with van der Waals surface area (Å²) in [6.07, 6.45) is 8.73. The van der Waals surface area contributed by atoms with Crippen LogP contribution in [-0.2, 0) is 32.3 Å². The number of aliphatic hydroxyl groups is 2. The molecule has 0 radical (unpaired) electrons. The number of amides is 1. The molecule has 13 heteroatoms. The highest BCUT2D eigenvalue weighted by molar-refractivity contribution is 6.03. The van der Waals surface area contributed by atoms with Crippen molar-refractivity contribution in [3.63, 3.8) is 0 Å². The van der Waals surface area contributed by atoms with Gasteiger partial charge in [0.25, 0.3) is 0 Å². The van der Waals surface area contributed by atoms with E-state index in [2.05, 4.69) is 12.7 Å². The molecule has 4 aromatic rings. The van der Waals surface area contributed by atoms with E-state index in [1.165, 1.54) is 7.11 Å². The molecule has 0 spiro atoms. The van der Waals surface area contributed by atoms with Crippen LogP contribution in [0, 0.1) is 17.8 Å². The summed E-state index contributed by atoms with van der Waals surface area (Å²) in [4.78, 5) is 33.9. The number of carbonyl (C=O) groups is 2. The summed E-state index contributed by atoms with van der Waals surface area (Å²) in [5.74, 6) is -0.241. The average Bonchev–Trinajstić information content (AvgIpc) is 3.34. The summed E-state index contributed by atoms with van der Waals surface area (Å²) in [5, 5.41) is 24.8. The van der Waals surface area contributed by atoms with Crippen molar-refractivity contribution < 1.29 is 53.1 Å². The Bertz CT molecular complexity index is 2290. The van der Waals surface area contributed by atoms with Crippen LogP contribution in [0.15, 0.2) is 127 Å². The molecule has 1 amide bonds. The number of hydrogen-bond donors (Lipinski definition) is 2. The van der Waals surface area contributed by atoms with Gasteiger partial charge in [0, 0.05) is 38.2 Å². The number of allylic oxidation sites excluding steroid dienone is 1. The number of oxime groups is 1. The molecule has 2 N–H and O–H groups in total. The lowest BCUT2D eigenvalue weighted by atomic mass is 9.55. The molecule has 66 heavy (non-hydrogen) atoms. The van der Waals surface area contributed by atoms with Crippen LogP contribution < -0.4 is 14.2 Å². The molecule has 4 aromatic carbocycles. The first-order chi connectivity index (χ1) is 32.3. The molecule has 13 nitrogen and oxygen atoms in total. The standard InChI is InChI=1S/C53H62N2O11/c1-4-27-63-53-49(55(2)52(59)62-29-28-61-35-37-15-7-5-8-16-37)33-46(54-64-36-38-17-9-6-10-18-38)44-31-39(19-11-13-25-56)43(20-12-14-26-57)50(51(44)53)45-32-42(22-24-48(45)66-53)65-41-21-23-47(60-3)40(30-41)34-58/h4-10,15-18,21-24,30-32,34,39,43,49-51,56-57H,1,11-14,19-20,25-29,33,35-36H2,2-3H3/t39-,43+,49-,50+,51+,53+/m0/s1. The monoisotopic (exact) mass is 902 g/mol. The van der Waals surface area contributed by atoms with Crippen molar-refractivity contribution in [1.29, 1.82) is 0 Å². The van der Waals surface area contributed by atoms with E-state index in [9.17, 15) is 19.8 Å². The van der Waals surface area contributed by atoms with Gasteiger partial charge >= 0.3 is 6.09 Å². The highest BCUT2D eigenvalue weighted by Crippen LogP contribution is 2.62. The molecule has 3 aliphatic rings. The van der Waals surface area contributed by atoms with Crippen LogP contribution in [0.5, 0.6) is 23.0 Å². The normalized spacial score (nSPS) is 22.2. The number of fused-ring (bicyclic) bond motifs is 2. The molecule has 350 valence electrons. The number of unbranched alkanes of at least 4 members (excludes halogenated alkanes) is 2. The summed E-state index contributed by atoms with van der Waals surface area (Å²) >= 11 is 0. The van der Waals surface area contributed by atoms with Crippen LogP contribution in [0.3, 0.4) is 0 Å². The lowest BCUT2D eigenvalue weighted by Gasteiger charge is -2.59. The lowest BCUT2D eigenvalue weighted by Crippen LogP contribution is -2.69. The van der Waals surface area contributed by atoms with Crippen molar-refractivity contribution in [3.8, 4) is 23.0 Å². The Morgan fingerprint density at radius 3 is 2.29 bits per heavy atom. The van der Waals surface area contributed by atoms with Crippen molar-refractivity contribution in [1.82, 2.24) is 4.90 Å². The molecule has 0 bridgehead atoms. The number of ether oxygens (including phenoxy) is 6. The van der Waals surface area contributed by atoms with Crippen LogP contribution >= 0.6 is 0 Å². The van der Waals surface area contributed by atoms with Gasteiger partial charge in [-0.2, -0.15) is 0 Å². The molecule has 7 rings (SSSR count). The number of methoxy groups -OCH3 is 1. The number of aliphatic hydroxyl groups excluding tert-OH is 2. The minimum atomic E-state index is -1.46. The van der Waals surface area contributed by atoms with E-state index in [4.69, 9.17) is 38.4 Å². The van der Waals surface area contributed by atoms with Gasteiger partial charge in [-0.25, -0.2) is 4.79 Å². The first-order valence-corrected chi connectivity index (χ1v) is 22.9. The molecule has 1 fully saturated rings. The quantitative estimate of drug-likeness (QED) is 0.0299. The van der Waals surface area contributed by atoms with Gasteiger partial charge < -0.3 is 48.4 Å². The Balaban J connectivity index is 1.32. The average molecular weight is 903 g/mol. The van der Waals surface area contributed by atoms with E-state index in [1.54, 1.807) is 36.2 Å². The van der Waals surface area contributed by atoms with E-state index >= 15 is 0 Å². The second-order valence-electron chi connectivity index (χ2n) is 16.9. The van der Waals surface area contributed by atoms with Gasteiger partial charge in [-0.1, -0.05) is 90.8 Å². The summed E-state index contributed by atoms with van der Waals surface area (Å²) in [5.41, 5.74) is 4.78. The predicted molar refractivity (Wildman–Crippen MR) is 250 cm³/mol. The number of hydrogen-bond acceptors (Lipinski definition) is 12. The van der Waals surface area contributed by atoms with Gasteiger partial charge in [0.15, 0.2) is 6.29 Å². The molecule has 0 unspecified atom stereocenters. The third kappa shape index (κ3) is 11.2. The van der Waals surface area contributed by atoms with Crippen molar-refractivity contribution in [2.45, 2.75) is 75.9 Å². The zero-order chi connectivity index (χ0) is 46.3. The van der Waals surface area contributed by atoms with Gasteiger partial charge in [-0.15, -0.1) is 6.58 Å². The number of carbonyl (C=O) groups excluding carboxylic acids is 2. The molecule has 6 atom stereocenters. The molecule has 1 aliphatic heterocycles. The zero-order valence-electron chi connectivity index (χ0n) is 37.9. The van der Waals surface area contributed by atoms with E-state index in [1.807, 2.05) is 78.9 Å². The molecule has 0 saturated heterocycles. The van der Waals surface area contributed by atoms with Crippen molar-refractivity contribution in [3.05, 3.63) is 144 Å². The number of nitrogens with zero attached hydrogens (tertiary/aromatic N) is 2. The first kappa shape index (κ1) is 48.0. The lowest BCUT2D eigenvalue weighted by molar-refractivity contribution is -0.253. The third-order valence-corrected chi connectivity index (χ3v) is 12.8. The Labute approximate surface area is 387 Å². The second kappa shape index (κ2) is 23.5. The maximum absolute atomic E-state index is 14.2. The summed E-state index contributed by atoms with van der Waals surface area (Å²) < 4.78 is 37.8. The van der Waals surface area contributed by atoms with Gasteiger partial charge in [0.1, 0.15) is 42.3 Å². The summed E-state index contributed by atoms with van der Waals surface area (Å²) in [6.45, 7) is 5.11. The summed E-state index contributed by atoms with van der Waals surface area (Å²) in [7, 11) is 3.21. The SMILES string of the molecule is C=CCO[C@@]12Oc3ccc(Oc4ccc(OC)c(C=O)c4)cc3[C@H]3[C@H](CCCCO)[C@@H](CCCCO)C=C(C(=NOCc4ccccc4)C[C@@H]1N(C)C(=O)OCCOCc1ccccc1)[C@H]32. The zero-order valence-corrected chi connectivity index (χ0v) is 37.9. The Morgan fingerprint density at radius 2 is 1.59 bits per heavy atom. The van der Waals surface area contributed by atoms with Gasteiger partial charge in [-0.05, 0) is 90.6 Å². The van der Waals surface area contributed by atoms with Gasteiger partial charge in [0.05, 0.1) is 44.1 Å². The van der Waals surface area contributed by atoms with Crippen molar-refractivity contribution >= 4 is 18.1 Å². The maximum atomic E-state index is 14.2. The van der Waals surface area contributed by atoms with Crippen molar-refractivity contribution in [2.75, 3.05) is 47.2 Å². The molecule has 2 aliphatic carbocycles. The number of rotatable bonds is 24. The van der Waals surface area contributed by atoms with E-state index < -0.39 is 23.8 Å². The van der Waals surface area contributed by atoms with Crippen LogP contribution in [0.4, 0.5) is 4.79 Å². The first-order valence-electron chi connectivity index (χ1n) is 22.9. The Morgan fingerprint density at radius 1 is 0.894 bits per heavy atom. The topological polar surface area (TPSA) is 155 Å². The van der Waals surface area contributed by atoms with Gasteiger partial charge in [0.2, 0.25) is 5.79 Å². The van der Waals surface area contributed by atoms with Crippen LogP contribution in [0.1, 0.15) is 77.9 Å². The van der Waals surface area contributed by atoms with E-state index in [0.29, 0.717) is 53.7 Å². The summed E-state index contributed by atoms with van der Waals surface area (Å²) in [6, 6.07) is 29.6. The van der Waals surface area contributed by atoms with Crippen LogP contribution in [0.2, 0.25) is 0 Å². The van der Waals surface area contributed by atoms with Crippen LogP contribution in [0.25, 0.3) is 0 Å². The largest absolute Gasteiger partial charge is 0.496 e. The fraction of sp³-hybridized carbons (Fsp3) is 0.415. The molecular weight excluding hydrogens is 841 g/mol.